The van der Waals surface area contributed by atoms with Gasteiger partial charge in [0.15, 0.2) is 5.84 Å². The summed E-state index contributed by atoms with van der Waals surface area (Å²) < 4.78 is 5.11. The molecule has 0 heterocycles. The summed E-state index contributed by atoms with van der Waals surface area (Å²) in [6.07, 6.45) is 1.16. The van der Waals surface area contributed by atoms with Crippen molar-refractivity contribution in [2.45, 2.75) is 19.8 Å². The number of nitrogens with one attached hydrogen (secondary N) is 1. The summed E-state index contributed by atoms with van der Waals surface area (Å²) in [5, 5.41) is 14.7. The Balaban J connectivity index is 2.17. The molecule has 0 aromatic heterocycles. The van der Waals surface area contributed by atoms with Crippen LogP contribution in [-0.2, 0) is 4.79 Å². The van der Waals surface area contributed by atoms with Crippen LogP contribution in [0.25, 0.3) is 0 Å². The minimum atomic E-state index is -0.906. The number of amidine groups is 1. The van der Waals surface area contributed by atoms with E-state index in [1.807, 2.05) is 6.92 Å². The van der Waals surface area contributed by atoms with Crippen molar-refractivity contribution in [1.29, 1.82) is 0 Å². The minimum Gasteiger partial charge on any atom is -0.497 e. The summed E-state index contributed by atoms with van der Waals surface area (Å²) >= 11 is 0. The number of hydrogen-bond acceptors (Lipinski definition) is 4. The summed E-state index contributed by atoms with van der Waals surface area (Å²) in [7, 11) is 1.56. The molecule has 0 radical (unpaired) electrons. The number of amides is 1. The van der Waals surface area contributed by atoms with E-state index in [1.165, 1.54) is 0 Å². The second-order valence-electron chi connectivity index (χ2n) is 5.27. The molecule has 1 aliphatic rings. The van der Waals surface area contributed by atoms with Crippen molar-refractivity contribution in [2.75, 3.05) is 12.4 Å². The van der Waals surface area contributed by atoms with Crippen LogP contribution in [0.2, 0.25) is 0 Å². The highest BCUT2D eigenvalue weighted by Gasteiger charge is 2.52. The summed E-state index contributed by atoms with van der Waals surface area (Å²) in [5.41, 5.74) is 5.42. The number of nitrogens with zero attached hydrogens (tertiary/aromatic N) is 1. The number of benzene rings is 1. The largest absolute Gasteiger partial charge is 0.497 e. The zero-order valence-electron chi connectivity index (χ0n) is 11.6. The third-order valence-electron chi connectivity index (χ3n) is 3.75. The number of ether oxygens (including phenoxy) is 1. The molecule has 1 aliphatic carbocycles. The summed E-state index contributed by atoms with van der Waals surface area (Å²) in [5.74, 6) is 0.754. The molecule has 6 heteroatoms. The molecular weight excluding hydrogens is 258 g/mol. The van der Waals surface area contributed by atoms with E-state index >= 15 is 0 Å². The zero-order valence-corrected chi connectivity index (χ0v) is 11.6. The molecule has 0 atom stereocenters. The molecule has 0 spiro atoms. The van der Waals surface area contributed by atoms with Gasteiger partial charge in [-0.25, -0.2) is 0 Å². The fraction of sp³-hybridized carbons (Fsp3) is 0.429. The summed E-state index contributed by atoms with van der Waals surface area (Å²) in [6, 6.07) is 7.07. The predicted octanol–water partition coefficient (Wildman–Crippen LogP) is 1.80. The molecule has 1 amide bonds. The monoisotopic (exact) mass is 277 g/mol. The minimum absolute atomic E-state index is 0.0315. The van der Waals surface area contributed by atoms with Crippen LogP contribution in [0.5, 0.6) is 5.75 Å². The van der Waals surface area contributed by atoms with E-state index in [0.717, 1.165) is 0 Å². The van der Waals surface area contributed by atoms with Gasteiger partial charge in [0.1, 0.15) is 11.2 Å². The van der Waals surface area contributed by atoms with Crippen LogP contribution in [0.1, 0.15) is 19.8 Å². The molecule has 0 aliphatic heterocycles. The van der Waals surface area contributed by atoms with E-state index < -0.39 is 5.41 Å². The van der Waals surface area contributed by atoms with Crippen molar-refractivity contribution in [3.8, 4) is 5.75 Å². The Morgan fingerprint density at radius 1 is 1.55 bits per heavy atom. The average Bonchev–Trinajstić information content (AvgIpc) is 2.42. The number of carbonyl (C=O) groups excluding carboxylic acids is 1. The first-order valence-electron chi connectivity index (χ1n) is 6.45. The Morgan fingerprint density at radius 2 is 2.25 bits per heavy atom. The van der Waals surface area contributed by atoms with Gasteiger partial charge >= 0.3 is 0 Å². The molecule has 0 unspecified atom stereocenters. The maximum Gasteiger partial charge on any atom is 0.238 e. The van der Waals surface area contributed by atoms with Gasteiger partial charge in [-0.2, -0.15) is 0 Å². The van der Waals surface area contributed by atoms with Gasteiger partial charge in [-0.15, -0.1) is 0 Å². The number of anilines is 1. The standard InChI is InChI=1S/C14H19N3O3/c1-9-7-14(8-9,12(15)17-19)13(18)16-10-4-3-5-11(6-10)20-2/h3-6,9,19H,7-8H2,1-2H3,(H2,15,17)(H,16,18). The number of nitrogens with two attached hydrogens (primary N) is 1. The lowest BCUT2D eigenvalue weighted by atomic mass is 9.61. The van der Waals surface area contributed by atoms with Crippen LogP contribution in [0.15, 0.2) is 29.4 Å². The lowest BCUT2D eigenvalue weighted by Crippen LogP contribution is -2.54. The smallest absolute Gasteiger partial charge is 0.238 e. The number of carbonyl (C=O) groups is 1. The van der Waals surface area contributed by atoms with Crippen LogP contribution >= 0.6 is 0 Å². The molecule has 6 nitrogen and oxygen atoms in total. The van der Waals surface area contributed by atoms with Crippen molar-refractivity contribution in [3.63, 3.8) is 0 Å². The van der Waals surface area contributed by atoms with Crippen LogP contribution in [0.3, 0.4) is 0 Å². The normalized spacial score (nSPS) is 25.7. The van der Waals surface area contributed by atoms with Crippen LogP contribution in [0, 0.1) is 11.3 Å². The van der Waals surface area contributed by atoms with Gasteiger partial charge in [0.05, 0.1) is 7.11 Å². The van der Waals surface area contributed by atoms with E-state index in [9.17, 15) is 4.79 Å². The number of rotatable bonds is 4. The molecular formula is C14H19N3O3. The Kier molecular flexibility index (Phi) is 3.83. The highest BCUT2D eigenvalue weighted by molar-refractivity contribution is 6.12. The molecule has 4 N–H and O–H groups in total. The summed E-state index contributed by atoms with van der Waals surface area (Å²) in [4.78, 5) is 12.4. The molecule has 1 saturated carbocycles. The van der Waals surface area contributed by atoms with Gasteiger partial charge in [-0.3, -0.25) is 4.79 Å². The van der Waals surface area contributed by atoms with E-state index in [-0.39, 0.29) is 11.7 Å². The third kappa shape index (κ3) is 2.41. The maximum absolute atomic E-state index is 12.4. The molecule has 1 fully saturated rings. The quantitative estimate of drug-likeness (QED) is 0.338. The van der Waals surface area contributed by atoms with Gasteiger partial charge in [-0.1, -0.05) is 18.1 Å². The van der Waals surface area contributed by atoms with E-state index in [1.54, 1.807) is 31.4 Å². The number of methoxy groups -OCH3 is 1. The van der Waals surface area contributed by atoms with Crippen LogP contribution in [0.4, 0.5) is 5.69 Å². The first kappa shape index (κ1) is 14.2. The summed E-state index contributed by atoms with van der Waals surface area (Å²) in [6.45, 7) is 2.03. The van der Waals surface area contributed by atoms with Crippen molar-refractivity contribution in [3.05, 3.63) is 24.3 Å². The van der Waals surface area contributed by atoms with Gasteiger partial charge in [0.25, 0.3) is 0 Å². The molecule has 20 heavy (non-hydrogen) atoms. The highest BCUT2D eigenvalue weighted by Crippen LogP contribution is 2.46. The van der Waals surface area contributed by atoms with Gasteiger partial charge in [0.2, 0.25) is 5.91 Å². The van der Waals surface area contributed by atoms with E-state index in [4.69, 9.17) is 15.7 Å². The molecule has 108 valence electrons. The Bertz CT molecular complexity index is 536. The topological polar surface area (TPSA) is 96.9 Å². The predicted molar refractivity (Wildman–Crippen MR) is 75.9 cm³/mol. The first-order valence-corrected chi connectivity index (χ1v) is 6.45. The Labute approximate surface area is 117 Å². The van der Waals surface area contributed by atoms with Crippen LogP contribution < -0.4 is 15.8 Å². The van der Waals surface area contributed by atoms with Crippen molar-refractivity contribution in [1.82, 2.24) is 0 Å². The van der Waals surface area contributed by atoms with Gasteiger partial charge in [0, 0.05) is 11.8 Å². The van der Waals surface area contributed by atoms with Crippen LogP contribution in [-0.4, -0.2) is 24.1 Å². The average molecular weight is 277 g/mol. The lowest BCUT2D eigenvalue weighted by Gasteiger charge is -2.43. The van der Waals surface area contributed by atoms with E-state index in [0.29, 0.717) is 30.2 Å². The second kappa shape index (κ2) is 5.40. The molecule has 0 bridgehead atoms. The third-order valence-corrected chi connectivity index (χ3v) is 3.75. The first-order chi connectivity index (χ1) is 9.51. The fourth-order valence-corrected chi connectivity index (χ4v) is 2.69. The van der Waals surface area contributed by atoms with Crippen molar-refractivity contribution in [2.24, 2.45) is 22.2 Å². The SMILES string of the molecule is COc1cccc(NC(=O)C2(/C(N)=N/O)CC(C)C2)c1. The van der Waals surface area contributed by atoms with Crippen molar-refractivity contribution >= 4 is 17.4 Å². The lowest BCUT2D eigenvalue weighted by molar-refractivity contribution is -0.127. The molecule has 2 rings (SSSR count). The fourth-order valence-electron chi connectivity index (χ4n) is 2.69. The Hall–Kier alpha value is -2.24. The molecule has 1 aromatic carbocycles. The van der Waals surface area contributed by atoms with Gasteiger partial charge < -0.3 is 21.0 Å². The maximum atomic E-state index is 12.4. The van der Waals surface area contributed by atoms with Gasteiger partial charge in [-0.05, 0) is 30.9 Å². The number of oxime groups is 1. The van der Waals surface area contributed by atoms with E-state index in [2.05, 4.69) is 10.5 Å². The second-order valence-corrected chi connectivity index (χ2v) is 5.27. The molecule has 1 aromatic rings. The zero-order chi connectivity index (χ0) is 14.8. The Morgan fingerprint density at radius 3 is 2.80 bits per heavy atom. The van der Waals surface area contributed by atoms with Crippen molar-refractivity contribution < 1.29 is 14.7 Å². The number of hydrogen-bond donors (Lipinski definition) is 3. The highest BCUT2D eigenvalue weighted by atomic mass is 16.5. The molecule has 0 saturated heterocycles.